The third kappa shape index (κ3) is 8.04. The first-order valence-electron chi connectivity index (χ1n) is 10.2. The van der Waals surface area contributed by atoms with Crippen molar-refractivity contribution in [3.63, 3.8) is 0 Å². The first-order valence-corrected chi connectivity index (χ1v) is 12.0. The highest BCUT2D eigenvalue weighted by Gasteiger charge is 2.28. The zero-order valence-electron chi connectivity index (χ0n) is 16.7. The van der Waals surface area contributed by atoms with E-state index in [4.69, 9.17) is 0 Å². The van der Waals surface area contributed by atoms with Crippen molar-refractivity contribution < 1.29 is 13.2 Å². The molecule has 9 heteroatoms. The Morgan fingerprint density at radius 3 is 2.44 bits per heavy atom. The van der Waals surface area contributed by atoms with Crippen molar-refractivity contribution in [1.29, 1.82) is 0 Å². The molecule has 2 aliphatic heterocycles. The molecule has 1 atom stereocenters. The fourth-order valence-electron chi connectivity index (χ4n) is 3.61. The summed E-state index contributed by atoms with van der Waals surface area (Å²) in [7, 11) is -2.97. The molecule has 0 bridgehead atoms. The van der Waals surface area contributed by atoms with Gasteiger partial charge in [0.05, 0.1) is 18.1 Å². The number of hydrogen-bond acceptors (Lipinski definition) is 5. The molecule has 0 aliphatic carbocycles. The number of piperidine rings is 1. The maximum atomic E-state index is 12.0. The Kier molecular flexibility index (Phi) is 8.82. The van der Waals surface area contributed by atoms with E-state index in [2.05, 4.69) is 32.8 Å². The van der Waals surface area contributed by atoms with Crippen LogP contribution >= 0.6 is 0 Å². The van der Waals surface area contributed by atoms with Gasteiger partial charge in [0, 0.05) is 38.1 Å². The van der Waals surface area contributed by atoms with Gasteiger partial charge in [0.1, 0.15) is 0 Å². The molecule has 0 aromatic carbocycles. The standard InChI is InChI=1S/C18H35N5O3S/c1-3-10-23-11-6-15(7-12-23)22-18(19-4-2)20-9-5-17(24)21-16-8-13-27(25,26)14-16/h15-16H,3-14H2,1-2H3,(H,21,24)(H2,19,20,22). The number of sulfone groups is 1. The van der Waals surface area contributed by atoms with Crippen molar-refractivity contribution in [2.75, 3.05) is 44.2 Å². The third-order valence-corrected chi connectivity index (χ3v) is 6.79. The van der Waals surface area contributed by atoms with Crippen LogP contribution in [0.1, 0.15) is 46.0 Å². The molecule has 2 rings (SSSR count). The predicted molar refractivity (Wildman–Crippen MR) is 109 cm³/mol. The summed E-state index contributed by atoms with van der Waals surface area (Å²) in [5.74, 6) is 0.845. The molecule has 0 aromatic heterocycles. The highest BCUT2D eigenvalue weighted by Crippen LogP contribution is 2.12. The Balaban J connectivity index is 1.72. The average molecular weight is 402 g/mol. The van der Waals surface area contributed by atoms with Gasteiger partial charge in [-0.05, 0) is 39.2 Å². The number of carbonyl (C=O) groups excluding carboxylic acids is 1. The molecule has 2 fully saturated rings. The lowest BCUT2D eigenvalue weighted by molar-refractivity contribution is -0.121. The lowest BCUT2D eigenvalue weighted by Crippen LogP contribution is -2.48. The molecule has 2 heterocycles. The second kappa shape index (κ2) is 10.8. The molecule has 156 valence electrons. The molecule has 8 nitrogen and oxygen atoms in total. The quantitative estimate of drug-likeness (QED) is 0.394. The van der Waals surface area contributed by atoms with Gasteiger partial charge in [0.15, 0.2) is 15.8 Å². The maximum absolute atomic E-state index is 12.0. The van der Waals surface area contributed by atoms with Crippen LogP contribution in [0.4, 0.5) is 0 Å². The first-order chi connectivity index (χ1) is 12.9. The fourth-order valence-corrected chi connectivity index (χ4v) is 5.28. The van der Waals surface area contributed by atoms with Crippen molar-refractivity contribution in [2.24, 2.45) is 4.99 Å². The molecular weight excluding hydrogens is 366 g/mol. The zero-order chi connectivity index (χ0) is 19.7. The van der Waals surface area contributed by atoms with Crippen molar-refractivity contribution in [3.05, 3.63) is 0 Å². The second-order valence-corrected chi connectivity index (χ2v) is 9.67. The summed E-state index contributed by atoms with van der Waals surface area (Å²) in [4.78, 5) is 19.0. The Morgan fingerprint density at radius 1 is 1.11 bits per heavy atom. The molecule has 0 aromatic rings. The van der Waals surface area contributed by atoms with Crippen molar-refractivity contribution in [2.45, 2.75) is 58.0 Å². The van der Waals surface area contributed by atoms with Gasteiger partial charge >= 0.3 is 0 Å². The molecule has 0 spiro atoms. The molecule has 0 radical (unpaired) electrons. The minimum atomic E-state index is -2.97. The average Bonchev–Trinajstić information content (AvgIpc) is 2.95. The molecule has 2 saturated heterocycles. The molecule has 1 amide bonds. The smallest absolute Gasteiger partial charge is 0.222 e. The van der Waals surface area contributed by atoms with Crippen LogP contribution in [0.5, 0.6) is 0 Å². The van der Waals surface area contributed by atoms with Crippen molar-refractivity contribution >= 4 is 21.7 Å². The summed E-state index contributed by atoms with van der Waals surface area (Å²) in [6.45, 7) is 8.77. The number of amides is 1. The molecule has 3 N–H and O–H groups in total. The lowest BCUT2D eigenvalue weighted by Gasteiger charge is -2.32. The molecule has 2 aliphatic rings. The number of carbonyl (C=O) groups is 1. The number of likely N-dealkylation sites (tertiary alicyclic amines) is 1. The van der Waals surface area contributed by atoms with E-state index in [0.717, 1.165) is 45.0 Å². The first kappa shape index (κ1) is 21.9. The van der Waals surface area contributed by atoms with E-state index in [1.807, 2.05) is 6.92 Å². The molecule has 27 heavy (non-hydrogen) atoms. The summed E-state index contributed by atoms with van der Waals surface area (Å²) in [5, 5.41) is 9.52. The van der Waals surface area contributed by atoms with E-state index in [9.17, 15) is 13.2 Å². The van der Waals surface area contributed by atoms with Gasteiger partial charge in [-0.1, -0.05) is 6.92 Å². The van der Waals surface area contributed by atoms with Gasteiger partial charge < -0.3 is 20.9 Å². The normalized spacial score (nSPS) is 23.9. The van der Waals surface area contributed by atoms with Crippen LogP contribution in [0.3, 0.4) is 0 Å². The highest BCUT2D eigenvalue weighted by molar-refractivity contribution is 7.91. The van der Waals surface area contributed by atoms with Crippen LogP contribution in [0.2, 0.25) is 0 Å². The topological polar surface area (TPSA) is 103 Å². The Bertz CT molecular complexity index is 600. The van der Waals surface area contributed by atoms with Gasteiger partial charge in [0.2, 0.25) is 5.91 Å². The minimum Gasteiger partial charge on any atom is -0.357 e. The van der Waals surface area contributed by atoms with Crippen LogP contribution in [-0.2, 0) is 14.6 Å². The van der Waals surface area contributed by atoms with E-state index in [0.29, 0.717) is 19.0 Å². The number of aliphatic imine (C=N–C) groups is 1. The fraction of sp³-hybridized carbons (Fsp3) is 0.889. The van der Waals surface area contributed by atoms with E-state index in [1.54, 1.807) is 0 Å². The summed E-state index contributed by atoms with van der Waals surface area (Å²) >= 11 is 0. The second-order valence-electron chi connectivity index (χ2n) is 7.44. The van der Waals surface area contributed by atoms with Crippen LogP contribution < -0.4 is 16.0 Å². The van der Waals surface area contributed by atoms with Gasteiger partial charge in [-0.25, -0.2) is 8.42 Å². The van der Waals surface area contributed by atoms with Crippen LogP contribution in [-0.4, -0.2) is 81.5 Å². The summed E-state index contributed by atoms with van der Waals surface area (Å²) in [6.07, 6.45) is 4.17. The predicted octanol–water partition coefficient (Wildman–Crippen LogP) is 0.109. The van der Waals surface area contributed by atoms with E-state index in [1.165, 1.54) is 6.42 Å². The minimum absolute atomic E-state index is 0.0585. The lowest BCUT2D eigenvalue weighted by atomic mass is 10.1. The number of nitrogens with one attached hydrogen (secondary N) is 3. The Hall–Kier alpha value is -1.35. The maximum Gasteiger partial charge on any atom is 0.222 e. The van der Waals surface area contributed by atoms with Gasteiger partial charge in [-0.2, -0.15) is 0 Å². The van der Waals surface area contributed by atoms with E-state index < -0.39 is 9.84 Å². The number of hydrogen-bond donors (Lipinski definition) is 3. The molecular formula is C18H35N5O3S. The largest absolute Gasteiger partial charge is 0.357 e. The molecule has 0 saturated carbocycles. The van der Waals surface area contributed by atoms with Crippen LogP contribution in [0.25, 0.3) is 0 Å². The van der Waals surface area contributed by atoms with Gasteiger partial charge in [-0.3, -0.25) is 9.79 Å². The Morgan fingerprint density at radius 2 is 1.85 bits per heavy atom. The monoisotopic (exact) mass is 401 g/mol. The van der Waals surface area contributed by atoms with E-state index in [-0.39, 0.29) is 29.9 Å². The zero-order valence-corrected chi connectivity index (χ0v) is 17.5. The van der Waals surface area contributed by atoms with Gasteiger partial charge in [-0.15, -0.1) is 0 Å². The van der Waals surface area contributed by atoms with Crippen molar-refractivity contribution in [1.82, 2.24) is 20.9 Å². The summed E-state index contributed by atoms with van der Waals surface area (Å²) in [6, 6.07) is 0.166. The van der Waals surface area contributed by atoms with E-state index >= 15 is 0 Å². The third-order valence-electron chi connectivity index (χ3n) is 5.02. The number of nitrogens with zero attached hydrogens (tertiary/aromatic N) is 2. The van der Waals surface area contributed by atoms with Gasteiger partial charge in [0.25, 0.3) is 0 Å². The SMILES string of the molecule is CCCN1CCC(NC(=NCCC(=O)NC2CCS(=O)(=O)C2)NCC)CC1. The highest BCUT2D eigenvalue weighted by atomic mass is 32.2. The molecule has 1 unspecified atom stereocenters. The number of guanidine groups is 1. The van der Waals surface area contributed by atoms with Crippen molar-refractivity contribution in [3.8, 4) is 0 Å². The summed E-state index contributed by atoms with van der Waals surface area (Å²) in [5.41, 5.74) is 0. The van der Waals surface area contributed by atoms with Crippen LogP contribution in [0, 0.1) is 0 Å². The van der Waals surface area contributed by atoms with Crippen LogP contribution in [0.15, 0.2) is 4.99 Å². The summed E-state index contributed by atoms with van der Waals surface area (Å²) < 4.78 is 22.9. The Labute approximate surface area is 163 Å². The number of rotatable bonds is 8.